The van der Waals surface area contributed by atoms with Crippen molar-refractivity contribution >= 4 is 23.0 Å². The Kier molecular flexibility index (Phi) is 2.85. The van der Waals surface area contributed by atoms with Crippen LogP contribution in [0.4, 0.5) is 0 Å². The van der Waals surface area contributed by atoms with Crippen LogP contribution in [0.1, 0.15) is 28.2 Å². The van der Waals surface area contributed by atoms with Gasteiger partial charge in [-0.3, -0.25) is 4.79 Å². The van der Waals surface area contributed by atoms with E-state index in [1.165, 1.54) is 12.1 Å². The van der Waals surface area contributed by atoms with E-state index in [0.29, 0.717) is 36.0 Å². The van der Waals surface area contributed by atoms with Crippen molar-refractivity contribution in [3.05, 3.63) is 35.2 Å². The van der Waals surface area contributed by atoms with Crippen molar-refractivity contribution < 1.29 is 19.8 Å². The minimum absolute atomic E-state index is 0.172. The average molecular weight is 272 g/mol. The second kappa shape index (κ2) is 4.56. The number of fused-ring (bicyclic) bond motifs is 2. The number of aliphatic carboxylic acids is 1. The summed E-state index contributed by atoms with van der Waals surface area (Å²) in [6.45, 7) is 0. The third kappa shape index (κ3) is 2.09. The topological polar surface area (TPSA) is 100 Å². The summed E-state index contributed by atoms with van der Waals surface area (Å²) in [7, 11) is 0. The molecule has 1 aliphatic carbocycles. The van der Waals surface area contributed by atoms with E-state index >= 15 is 0 Å². The van der Waals surface area contributed by atoms with Gasteiger partial charge in [0.1, 0.15) is 0 Å². The van der Waals surface area contributed by atoms with Gasteiger partial charge in [-0.1, -0.05) is 0 Å². The SMILES string of the molecule is O=C(O)c1ccc2nc3c(nc2c1)CCC(C(=O)O)C3. The quantitative estimate of drug-likeness (QED) is 0.859. The molecule has 20 heavy (non-hydrogen) atoms. The maximum atomic E-state index is 11.0. The molecule has 102 valence electrons. The van der Waals surface area contributed by atoms with Crippen molar-refractivity contribution in [3.8, 4) is 0 Å². The van der Waals surface area contributed by atoms with Crippen molar-refractivity contribution in [2.24, 2.45) is 5.92 Å². The lowest BCUT2D eigenvalue weighted by atomic mass is 9.89. The Morgan fingerprint density at radius 3 is 2.55 bits per heavy atom. The molecule has 0 amide bonds. The molecule has 1 atom stereocenters. The van der Waals surface area contributed by atoms with Gasteiger partial charge in [0.2, 0.25) is 0 Å². The Labute approximate surface area is 114 Å². The van der Waals surface area contributed by atoms with Crippen LogP contribution in [0.2, 0.25) is 0 Å². The molecule has 6 heteroatoms. The van der Waals surface area contributed by atoms with Crippen molar-refractivity contribution in [2.75, 3.05) is 0 Å². The summed E-state index contributed by atoms with van der Waals surface area (Å²) in [6.07, 6.45) is 1.49. The number of benzene rings is 1. The van der Waals surface area contributed by atoms with Gasteiger partial charge >= 0.3 is 11.9 Å². The average Bonchev–Trinajstić information content (AvgIpc) is 2.43. The molecule has 2 N–H and O–H groups in total. The van der Waals surface area contributed by atoms with Crippen LogP contribution in [0, 0.1) is 5.92 Å². The second-order valence-corrected chi connectivity index (χ2v) is 4.90. The van der Waals surface area contributed by atoms with E-state index in [-0.39, 0.29) is 5.56 Å². The van der Waals surface area contributed by atoms with Crippen LogP contribution in [-0.4, -0.2) is 32.1 Å². The zero-order valence-corrected chi connectivity index (χ0v) is 10.5. The van der Waals surface area contributed by atoms with Crippen molar-refractivity contribution in [1.82, 2.24) is 9.97 Å². The normalized spacial score (nSPS) is 17.7. The van der Waals surface area contributed by atoms with Crippen LogP contribution in [0.25, 0.3) is 11.0 Å². The first-order valence-electron chi connectivity index (χ1n) is 6.30. The van der Waals surface area contributed by atoms with Crippen LogP contribution >= 0.6 is 0 Å². The predicted octanol–water partition coefficient (Wildman–Crippen LogP) is 1.52. The Balaban J connectivity index is 2.06. The molecular formula is C14H12N2O4. The van der Waals surface area contributed by atoms with Gasteiger partial charge in [0.15, 0.2) is 0 Å². The van der Waals surface area contributed by atoms with Gasteiger partial charge in [0.25, 0.3) is 0 Å². The van der Waals surface area contributed by atoms with E-state index in [1.54, 1.807) is 6.07 Å². The van der Waals surface area contributed by atoms with E-state index in [0.717, 1.165) is 5.69 Å². The molecule has 0 saturated heterocycles. The van der Waals surface area contributed by atoms with Crippen LogP contribution in [0.5, 0.6) is 0 Å². The second-order valence-electron chi connectivity index (χ2n) is 4.90. The fraction of sp³-hybridized carbons (Fsp3) is 0.286. The third-order valence-electron chi connectivity index (χ3n) is 3.58. The molecule has 1 heterocycles. The highest BCUT2D eigenvalue weighted by Crippen LogP contribution is 2.25. The molecule has 0 radical (unpaired) electrons. The molecule has 0 saturated carbocycles. The Hall–Kier alpha value is -2.50. The molecule has 1 aliphatic rings. The number of carbonyl (C=O) groups is 2. The molecule has 3 rings (SSSR count). The molecule has 0 spiro atoms. The molecule has 0 bridgehead atoms. The number of rotatable bonds is 2. The number of carboxylic acids is 2. The molecule has 0 aliphatic heterocycles. The maximum absolute atomic E-state index is 11.0. The highest BCUT2D eigenvalue weighted by Gasteiger charge is 2.26. The first-order chi connectivity index (χ1) is 9.54. The maximum Gasteiger partial charge on any atom is 0.335 e. The number of hydrogen-bond acceptors (Lipinski definition) is 4. The first kappa shape index (κ1) is 12.5. The van der Waals surface area contributed by atoms with E-state index in [2.05, 4.69) is 9.97 Å². The van der Waals surface area contributed by atoms with E-state index < -0.39 is 17.9 Å². The molecule has 1 unspecified atom stereocenters. The molecule has 1 aromatic heterocycles. The summed E-state index contributed by atoms with van der Waals surface area (Å²) in [5, 5.41) is 18.0. The third-order valence-corrected chi connectivity index (χ3v) is 3.58. The Bertz CT molecular complexity index is 726. The van der Waals surface area contributed by atoms with Crippen LogP contribution in [-0.2, 0) is 17.6 Å². The largest absolute Gasteiger partial charge is 0.481 e. The molecule has 6 nitrogen and oxygen atoms in total. The monoisotopic (exact) mass is 272 g/mol. The minimum atomic E-state index is -1.00. The molecule has 1 aromatic carbocycles. The molecule has 0 fully saturated rings. The van der Waals surface area contributed by atoms with Crippen molar-refractivity contribution in [2.45, 2.75) is 19.3 Å². The highest BCUT2D eigenvalue weighted by molar-refractivity contribution is 5.92. The van der Waals surface area contributed by atoms with Gasteiger partial charge in [-0.05, 0) is 31.0 Å². The van der Waals surface area contributed by atoms with Gasteiger partial charge in [-0.25, -0.2) is 14.8 Å². The van der Waals surface area contributed by atoms with Gasteiger partial charge in [0.05, 0.1) is 33.9 Å². The van der Waals surface area contributed by atoms with E-state index in [4.69, 9.17) is 10.2 Å². The fourth-order valence-electron chi connectivity index (χ4n) is 2.48. The summed E-state index contributed by atoms with van der Waals surface area (Å²) >= 11 is 0. The molecule has 2 aromatic rings. The lowest BCUT2D eigenvalue weighted by Crippen LogP contribution is -2.23. The number of nitrogens with zero attached hydrogens (tertiary/aromatic N) is 2. The Morgan fingerprint density at radius 1 is 1.10 bits per heavy atom. The van der Waals surface area contributed by atoms with Crippen molar-refractivity contribution in [3.63, 3.8) is 0 Å². The summed E-state index contributed by atoms with van der Waals surface area (Å²) in [6, 6.07) is 4.58. The lowest BCUT2D eigenvalue weighted by molar-refractivity contribution is -0.142. The van der Waals surface area contributed by atoms with Gasteiger partial charge < -0.3 is 10.2 Å². The fourth-order valence-corrected chi connectivity index (χ4v) is 2.48. The smallest absolute Gasteiger partial charge is 0.335 e. The summed E-state index contributed by atoms with van der Waals surface area (Å²) in [5.74, 6) is -2.22. The predicted molar refractivity (Wildman–Crippen MR) is 69.6 cm³/mol. The highest BCUT2D eigenvalue weighted by atomic mass is 16.4. The zero-order chi connectivity index (χ0) is 14.3. The summed E-state index contributed by atoms with van der Waals surface area (Å²) in [5.41, 5.74) is 2.79. The summed E-state index contributed by atoms with van der Waals surface area (Å²) in [4.78, 5) is 30.8. The number of aromatic carboxylic acids is 1. The van der Waals surface area contributed by atoms with Crippen LogP contribution in [0.3, 0.4) is 0 Å². The van der Waals surface area contributed by atoms with Crippen molar-refractivity contribution in [1.29, 1.82) is 0 Å². The van der Waals surface area contributed by atoms with E-state index in [1.807, 2.05) is 0 Å². The van der Waals surface area contributed by atoms with Gasteiger partial charge in [0, 0.05) is 6.42 Å². The lowest BCUT2D eigenvalue weighted by Gasteiger charge is -2.20. The first-order valence-corrected chi connectivity index (χ1v) is 6.30. The van der Waals surface area contributed by atoms with E-state index in [9.17, 15) is 9.59 Å². The zero-order valence-electron chi connectivity index (χ0n) is 10.5. The number of carboxylic acid groups (broad SMARTS) is 2. The summed E-state index contributed by atoms with van der Waals surface area (Å²) < 4.78 is 0. The minimum Gasteiger partial charge on any atom is -0.481 e. The molecular weight excluding hydrogens is 260 g/mol. The van der Waals surface area contributed by atoms with Gasteiger partial charge in [-0.2, -0.15) is 0 Å². The Morgan fingerprint density at radius 2 is 1.85 bits per heavy atom. The van der Waals surface area contributed by atoms with Crippen LogP contribution in [0.15, 0.2) is 18.2 Å². The number of hydrogen-bond donors (Lipinski definition) is 2. The number of aryl methyl sites for hydroxylation is 1. The number of aromatic nitrogens is 2. The van der Waals surface area contributed by atoms with Crippen LogP contribution < -0.4 is 0 Å². The van der Waals surface area contributed by atoms with Gasteiger partial charge in [-0.15, -0.1) is 0 Å². The standard InChI is InChI=1S/C14H12N2O4/c17-13(18)7-1-3-9-11(5-7)16-10-4-2-8(14(19)20)6-12(10)15-9/h1,3,5,8H,2,4,6H2,(H,17,18)(H,19,20).